The molecule has 0 aliphatic heterocycles. The Bertz CT molecular complexity index is 2560. The van der Waals surface area contributed by atoms with Gasteiger partial charge in [-0.25, -0.2) is 0 Å². The first kappa shape index (κ1) is 30.7. The third kappa shape index (κ3) is 5.18. The van der Waals surface area contributed by atoms with Crippen LogP contribution in [0.1, 0.15) is 53.9 Å². The third-order valence-electron chi connectivity index (χ3n) is 10.6. The number of hydrogen-bond donors (Lipinski definition) is 2. The van der Waals surface area contributed by atoms with E-state index in [-0.39, 0.29) is 17.6 Å². The first-order chi connectivity index (χ1) is 24.5. The number of fused-ring (bicyclic) bond motifs is 7. The predicted octanol–water partition coefficient (Wildman–Crippen LogP) is 12.2. The Morgan fingerprint density at radius 3 is 2.16 bits per heavy atom. The van der Waals surface area contributed by atoms with Crippen LogP contribution < -0.4 is 11.1 Å². The highest BCUT2D eigenvalue weighted by Crippen LogP contribution is 2.53. The third-order valence-corrected chi connectivity index (χ3v) is 11.7. The van der Waals surface area contributed by atoms with Crippen molar-refractivity contribution in [1.29, 1.82) is 0 Å². The molecular formula is C47H38N2S. The fourth-order valence-corrected chi connectivity index (χ4v) is 9.09. The van der Waals surface area contributed by atoms with Crippen molar-refractivity contribution < 1.29 is 0 Å². The van der Waals surface area contributed by atoms with Crippen LogP contribution in [0.25, 0.3) is 59.3 Å². The van der Waals surface area contributed by atoms with Gasteiger partial charge in [-0.3, -0.25) is 5.32 Å². The second-order valence-corrected chi connectivity index (χ2v) is 15.0. The van der Waals surface area contributed by atoms with E-state index in [0.29, 0.717) is 0 Å². The summed E-state index contributed by atoms with van der Waals surface area (Å²) in [6, 6.07) is 54.8. The Kier molecular flexibility index (Phi) is 7.51. The molecule has 2 atom stereocenters. The smallest absolute Gasteiger partial charge is 0.0817 e. The van der Waals surface area contributed by atoms with Crippen LogP contribution >= 0.6 is 11.3 Å². The van der Waals surface area contributed by atoms with Gasteiger partial charge >= 0.3 is 0 Å². The standard InChI is InChI=1S/C47H38N2S/c1-47(2)39-19-10-17-35(44(39)38-28-33-14-6-7-15-34(33)29-40(38)47)31-25-22-30(23-26-31)24-27-41(49-46(48)32-12-4-3-5-13-32)36-18-11-21-43-45(36)37-16-8-9-20-42(37)50-43/h3-29,41,46,49H,48H2,1-2H3/b27-24+. The maximum Gasteiger partial charge on any atom is 0.0817 e. The van der Waals surface area contributed by atoms with Crippen molar-refractivity contribution in [2.75, 3.05) is 0 Å². The average molecular weight is 663 g/mol. The van der Waals surface area contributed by atoms with Gasteiger partial charge in [0, 0.05) is 25.6 Å². The molecule has 3 N–H and O–H groups in total. The lowest BCUT2D eigenvalue weighted by atomic mass is 9.81. The second kappa shape index (κ2) is 12.2. The molecule has 8 aromatic rings. The molecule has 50 heavy (non-hydrogen) atoms. The number of rotatable bonds is 7. The minimum Gasteiger partial charge on any atom is -0.312 e. The zero-order valence-corrected chi connectivity index (χ0v) is 29.0. The van der Waals surface area contributed by atoms with Gasteiger partial charge in [0.1, 0.15) is 0 Å². The molecule has 1 aromatic heterocycles. The van der Waals surface area contributed by atoms with Gasteiger partial charge in [-0.15, -0.1) is 11.3 Å². The highest BCUT2D eigenvalue weighted by molar-refractivity contribution is 7.25. The summed E-state index contributed by atoms with van der Waals surface area (Å²) >= 11 is 1.84. The number of nitrogens with two attached hydrogens (primary N) is 1. The fraction of sp³-hybridized carbons (Fsp3) is 0.106. The van der Waals surface area contributed by atoms with Gasteiger partial charge in [0.15, 0.2) is 0 Å². The van der Waals surface area contributed by atoms with Crippen molar-refractivity contribution in [3.8, 4) is 22.3 Å². The summed E-state index contributed by atoms with van der Waals surface area (Å²) in [5, 5.41) is 8.92. The Hall–Kier alpha value is -5.32. The molecule has 0 bridgehead atoms. The Morgan fingerprint density at radius 1 is 0.640 bits per heavy atom. The molecule has 1 aliphatic carbocycles. The topological polar surface area (TPSA) is 38.0 Å². The normalized spacial score (nSPS) is 14.7. The van der Waals surface area contributed by atoms with Gasteiger partial charge in [0.25, 0.3) is 0 Å². The molecule has 0 saturated carbocycles. The Balaban J connectivity index is 1.09. The summed E-state index contributed by atoms with van der Waals surface area (Å²) in [6.45, 7) is 4.72. The molecule has 1 heterocycles. The SMILES string of the molecule is CC1(C)c2cc3ccccc3cc2-c2c(-c3ccc(/C=C/C(NC(N)c4ccccc4)c4cccc5sc6ccccc6c45)cc3)cccc21. The van der Waals surface area contributed by atoms with Gasteiger partial charge in [-0.2, -0.15) is 0 Å². The zero-order chi connectivity index (χ0) is 33.8. The van der Waals surface area contributed by atoms with Crippen LogP contribution in [0.4, 0.5) is 0 Å². The lowest BCUT2D eigenvalue weighted by molar-refractivity contribution is 0.511. The summed E-state index contributed by atoms with van der Waals surface area (Å²) in [6.07, 6.45) is 4.17. The molecule has 0 fully saturated rings. The Morgan fingerprint density at radius 2 is 1.34 bits per heavy atom. The molecule has 242 valence electrons. The summed E-state index contributed by atoms with van der Waals surface area (Å²) < 4.78 is 2.59. The molecule has 3 heteroatoms. The van der Waals surface area contributed by atoms with Gasteiger partial charge in [-0.1, -0.05) is 153 Å². The Labute approximate surface area is 297 Å². The maximum atomic E-state index is 6.80. The number of nitrogens with one attached hydrogen (secondary N) is 1. The van der Waals surface area contributed by atoms with Crippen molar-refractivity contribution in [1.82, 2.24) is 5.32 Å². The second-order valence-electron chi connectivity index (χ2n) is 13.9. The molecule has 7 aromatic carbocycles. The summed E-state index contributed by atoms with van der Waals surface area (Å²) in [7, 11) is 0. The van der Waals surface area contributed by atoms with E-state index in [9.17, 15) is 0 Å². The van der Waals surface area contributed by atoms with Gasteiger partial charge in [0.2, 0.25) is 0 Å². The van der Waals surface area contributed by atoms with E-state index >= 15 is 0 Å². The molecule has 9 rings (SSSR count). The van der Waals surface area contributed by atoms with Gasteiger partial charge in [0.05, 0.1) is 12.2 Å². The quantitative estimate of drug-likeness (QED) is 0.167. The van der Waals surface area contributed by atoms with Crippen molar-refractivity contribution >= 4 is 48.4 Å². The van der Waals surface area contributed by atoms with Crippen molar-refractivity contribution in [3.05, 3.63) is 186 Å². The van der Waals surface area contributed by atoms with E-state index in [1.54, 1.807) is 0 Å². The molecule has 0 saturated heterocycles. The minimum absolute atomic E-state index is 0.0629. The average Bonchev–Trinajstić information content (AvgIpc) is 3.65. The van der Waals surface area contributed by atoms with Gasteiger partial charge in [-0.05, 0) is 85.1 Å². The molecule has 2 nitrogen and oxygen atoms in total. The van der Waals surface area contributed by atoms with E-state index in [1.165, 1.54) is 69.9 Å². The van der Waals surface area contributed by atoms with Crippen molar-refractivity contribution in [2.24, 2.45) is 5.73 Å². The molecule has 0 radical (unpaired) electrons. The molecule has 2 unspecified atom stereocenters. The van der Waals surface area contributed by atoms with Crippen molar-refractivity contribution in [2.45, 2.75) is 31.5 Å². The monoisotopic (exact) mass is 662 g/mol. The van der Waals surface area contributed by atoms with Crippen LogP contribution in [0, 0.1) is 0 Å². The van der Waals surface area contributed by atoms with E-state index in [1.807, 2.05) is 29.5 Å². The van der Waals surface area contributed by atoms with Crippen LogP contribution in [-0.2, 0) is 5.41 Å². The first-order valence-electron chi connectivity index (χ1n) is 17.4. The van der Waals surface area contributed by atoms with Crippen molar-refractivity contribution in [3.63, 3.8) is 0 Å². The van der Waals surface area contributed by atoms with Crippen LogP contribution in [0.3, 0.4) is 0 Å². The lowest BCUT2D eigenvalue weighted by Crippen LogP contribution is -2.31. The molecule has 0 amide bonds. The largest absolute Gasteiger partial charge is 0.312 e. The summed E-state index contributed by atoms with van der Waals surface area (Å²) in [5.41, 5.74) is 18.2. The van der Waals surface area contributed by atoms with Crippen LogP contribution in [0.2, 0.25) is 0 Å². The maximum absolute atomic E-state index is 6.80. The van der Waals surface area contributed by atoms with Gasteiger partial charge < -0.3 is 5.73 Å². The summed E-state index contributed by atoms with van der Waals surface area (Å²) in [4.78, 5) is 0. The highest BCUT2D eigenvalue weighted by atomic mass is 32.1. The van der Waals surface area contributed by atoms with E-state index in [4.69, 9.17) is 5.73 Å². The lowest BCUT2D eigenvalue weighted by Gasteiger charge is -2.23. The van der Waals surface area contributed by atoms with E-state index < -0.39 is 0 Å². The van der Waals surface area contributed by atoms with Crippen LogP contribution in [-0.4, -0.2) is 0 Å². The first-order valence-corrected chi connectivity index (χ1v) is 18.2. The predicted molar refractivity (Wildman–Crippen MR) is 215 cm³/mol. The summed E-state index contributed by atoms with van der Waals surface area (Å²) in [5.74, 6) is 0. The minimum atomic E-state index is -0.321. The molecular weight excluding hydrogens is 625 g/mol. The fourth-order valence-electron chi connectivity index (χ4n) is 7.95. The van der Waals surface area contributed by atoms with Crippen LogP contribution in [0.5, 0.6) is 0 Å². The molecule has 0 spiro atoms. The number of benzene rings is 7. The number of hydrogen-bond acceptors (Lipinski definition) is 3. The van der Waals surface area contributed by atoms with E-state index in [0.717, 1.165) is 11.1 Å². The molecule has 1 aliphatic rings. The highest BCUT2D eigenvalue weighted by Gasteiger charge is 2.37. The van der Waals surface area contributed by atoms with E-state index in [2.05, 4.69) is 165 Å². The number of thiophene rings is 1. The van der Waals surface area contributed by atoms with Crippen LogP contribution in [0.15, 0.2) is 158 Å². The zero-order valence-electron chi connectivity index (χ0n) is 28.2.